The summed E-state index contributed by atoms with van der Waals surface area (Å²) in [4.78, 5) is 13.2. The Balaban J connectivity index is 1.71. The predicted octanol–water partition coefficient (Wildman–Crippen LogP) is 8.70. The summed E-state index contributed by atoms with van der Waals surface area (Å²) in [5.74, 6) is 0.000775. The van der Waals surface area contributed by atoms with Crippen molar-refractivity contribution in [1.82, 2.24) is 0 Å². The monoisotopic (exact) mass is 426 g/mol. The van der Waals surface area contributed by atoms with Crippen LogP contribution in [0.25, 0.3) is 0 Å². The Hall–Kier alpha value is -1.60. The lowest BCUT2D eigenvalue weighted by atomic mass is 9.85. The normalized spacial score (nSPS) is 12.2. The molecule has 2 rings (SSSR count). The zero-order chi connectivity index (χ0) is 21.4. The van der Waals surface area contributed by atoms with Gasteiger partial charge in [-0.05, 0) is 17.5 Å². The zero-order valence-corrected chi connectivity index (χ0v) is 19.5. The SMILES string of the molecule is CCCCCCCCCCCCC(Cl)CC(=O)C(c1ccccc1)c1ccccc1. The van der Waals surface area contributed by atoms with Crippen molar-refractivity contribution in [2.75, 3.05) is 0 Å². The first kappa shape index (κ1) is 24.7. The Labute approximate surface area is 189 Å². The number of benzene rings is 2. The van der Waals surface area contributed by atoms with Gasteiger partial charge in [-0.1, -0.05) is 132 Å². The van der Waals surface area contributed by atoms with Gasteiger partial charge in [-0.25, -0.2) is 0 Å². The highest BCUT2D eigenvalue weighted by molar-refractivity contribution is 6.22. The highest BCUT2D eigenvalue weighted by atomic mass is 35.5. The van der Waals surface area contributed by atoms with Crippen LogP contribution in [0.4, 0.5) is 0 Å². The molecule has 0 aliphatic rings. The summed E-state index contributed by atoms with van der Waals surface area (Å²) in [6, 6.07) is 20.2. The molecule has 164 valence electrons. The second-order valence-electron chi connectivity index (χ2n) is 8.49. The molecule has 0 aliphatic heterocycles. The van der Waals surface area contributed by atoms with Crippen LogP contribution in [0, 0.1) is 0 Å². The Bertz CT molecular complexity index is 643. The van der Waals surface area contributed by atoms with E-state index in [1.807, 2.05) is 60.7 Å². The van der Waals surface area contributed by atoms with E-state index in [-0.39, 0.29) is 17.1 Å². The maximum absolute atomic E-state index is 13.2. The number of hydrogen-bond acceptors (Lipinski definition) is 1. The summed E-state index contributed by atoms with van der Waals surface area (Å²) in [6.07, 6.45) is 14.6. The van der Waals surface area contributed by atoms with Crippen LogP contribution in [0.3, 0.4) is 0 Å². The van der Waals surface area contributed by atoms with Gasteiger partial charge in [-0.3, -0.25) is 4.79 Å². The van der Waals surface area contributed by atoms with Gasteiger partial charge in [-0.15, -0.1) is 11.6 Å². The van der Waals surface area contributed by atoms with Crippen molar-refractivity contribution in [1.29, 1.82) is 0 Å². The molecule has 0 aromatic heterocycles. The quantitative estimate of drug-likeness (QED) is 0.194. The number of alkyl halides is 1. The van der Waals surface area contributed by atoms with Gasteiger partial charge < -0.3 is 0 Å². The van der Waals surface area contributed by atoms with Gasteiger partial charge in [-0.2, -0.15) is 0 Å². The second kappa shape index (κ2) is 15.2. The Morgan fingerprint density at radius 3 is 1.60 bits per heavy atom. The molecular weight excluding hydrogens is 388 g/mol. The molecular formula is C28H39ClO. The van der Waals surface area contributed by atoms with Gasteiger partial charge in [0.1, 0.15) is 5.78 Å². The Kier molecular flexibility index (Phi) is 12.5. The fraction of sp³-hybridized carbons (Fsp3) is 0.536. The number of unbranched alkanes of at least 4 members (excludes halogenated alkanes) is 9. The highest BCUT2D eigenvalue weighted by Gasteiger charge is 2.24. The highest BCUT2D eigenvalue weighted by Crippen LogP contribution is 2.28. The lowest BCUT2D eigenvalue weighted by Crippen LogP contribution is -2.18. The van der Waals surface area contributed by atoms with Gasteiger partial charge in [0.15, 0.2) is 0 Å². The van der Waals surface area contributed by atoms with Crippen LogP contribution in [0.15, 0.2) is 60.7 Å². The van der Waals surface area contributed by atoms with Crippen LogP contribution < -0.4 is 0 Å². The average Bonchev–Trinajstić information content (AvgIpc) is 2.76. The molecule has 2 aromatic carbocycles. The molecule has 0 saturated carbocycles. The average molecular weight is 427 g/mol. The summed E-state index contributed by atoms with van der Waals surface area (Å²) in [7, 11) is 0. The van der Waals surface area contributed by atoms with E-state index in [0.717, 1.165) is 24.0 Å². The predicted molar refractivity (Wildman–Crippen MR) is 130 cm³/mol. The fourth-order valence-electron chi connectivity index (χ4n) is 4.15. The molecule has 30 heavy (non-hydrogen) atoms. The maximum atomic E-state index is 13.2. The van der Waals surface area contributed by atoms with Crippen LogP contribution >= 0.6 is 11.6 Å². The molecule has 0 heterocycles. The molecule has 1 atom stereocenters. The van der Waals surface area contributed by atoms with Crippen molar-refractivity contribution in [3.8, 4) is 0 Å². The lowest BCUT2D eigenvalue weighted by molar-refractivity contribution is -0.119. The van der Waals surface area contributed by atoms with Crippen molar-refractivity contribution in [2.24, 2.45) is 0 Å². The number of carbonyl (C=O) groups excluding carboxylic acids is 1. The Morgan fingerprint density at radius 1 is 0.700 bits per heavy atom. The maximum Gasteiger partial charge on any atom is 0.146 e. The molecule has 2 heteroatoms. The lowest BCUT2D eigenvalue weighted by Gasteiger charge is -2.18. The third-order valence-corrected chi connectivity index (χ3v) is 6.25. The van der Waals surface area contributed by atoms with E-state index in [2.05, 4.69) is 6.92 Å². The van der Waals surface area contributed by atoms with Crippen molar-refractivity contribution in [3.05, 3.63) is 71.8 Å². The summed E-state index contributed by atoms with van der Waals surface area (Å²) in [5.41, 5.74) is 2.10. The van der Waals surface area contributed by atoms with Gasteiger partial charge in [0.05, 0.1) is 5.92 Å². The minimum Gasteiger partial charge on any atom is -0.299 e. The number of halogens is 1. The van der Waals surface area contributed by atoms with Crippen LogP contribution in [0.1, 0.15) is 101 Å². The number of carbonyl (C=O) groups is 1. The van der Waals surface area contributed by atoms with E-state index in [1.165, 1.54) is 57.8 Å². The Morgan fingerprint density at radius 2 is 1.13 bits per heavy atom. The van der Waals surface area contributed by atoms with Gasteiger partial charge in [0.2, 0.25) is 0 Å². The molecule has 0 radical (unpaired) electrons. The van der Waals surface area contributed by atoms with Crippen molar-refractivity contribution in [3.63, 3.8) is 0 Å². The molecule has 0 aliphatic carbocycles. The standard InChI is InChI=1S/C28H39ClO/c1-2-3-4-5-6-7-8-9-10-17-22-26(29)23-27(30)28(24-18-13-11-14-19-24)25-20-15-12-16-21-25/h11-16,18-21,26,28H,2-10,17,22-23H2,1H3. The minimum absolute atomic E-state index is 0.0681. The third-order valence-electron chi connectivity index (χ3n) is 5.88. The molecule has 1 unspecified atom stereocenters. The molecule has 1 nitrogen and oxygen atoms in total. The van der Waals surface area contributed by atoms with E-state index in [4.69, 9.17) is 11.6 Å². The van der Waals surface area contributed by atoms with Crippen molar-refractivity contribution < 1.29 is 4.79 Å². The van der Waals surface area contributed by atoms with E-state index in [9.17, 15) is 4.79 Å². The van der Waals surface area contributed by atoms with Gasteiger partial charge in [0, 0.05) is 11.8 Å². The largest absolute Gasteiger partial charge is 0.299 e. The topological polar surface area (TPSA) is 17.1 Å². The zero-order valence-electron chi connectivity index (χ0n) is 18.7. The number of Topliss-reactive ketones (excluding diaryl/α,β-unsaturated/α-hetero) is 1. The van der Waals surface area contributed by atoms with Crippen molar-refractivity contribution >= 4 is 17.4 Å². The van der Waals surface area contributed by atoms with Crippen LogP contribution in [-0.2, 0) is 4.79 Å². The van der Waals surface area contributed by atoms with Crippen LogP contribution in [-0.4, -0.2) is 11.2 Å². The van der Waals surface area contributed by atoms with Crippen LogP contribution in [0.5, 0.6) is 0 Å². The second-order valence-corrected chi connectivity index (χ2v) is 9.11. The first-order valence-electron chi connectivity index (χ1n) is 12.0. The molecule has 0 amide bonds. The van der Waals surface area contributed by atoms with Crippen LogP contribution in [0.2, 0.25) is 0 Å². The minimum atomic E-state index is -0.221. The molecule has 0 bridgehead atoms. The van der Waals surface area contributed by atoms with E-state index >= 15 is 0 Å². The number of ketones is 1. The van der Waals surface area contributed by atoms with Gasteiger partial charge in [0.25, 0.3) is 0 Å². The third kappa shape index (κ3) is 9.47. The van der Waals surface area contributed by atoms with E-state index in [1.54, 1.807) is 0 Å². The summed E-state index contributed by atoms with van der Waals surface area (Å²) >= 11 is 6.58. The molecule has 0 fully saturated rings. The summed E-state index contributed by atoms with van der Waals surface area (Å²) < 4.78 is 0. The number of rotatable bonds is 16. The molecule has 0 saturated heterocycles. The molecule has 0 N–H and O–H groups in total. The molecule has 0 spiro atoms. The smallest absolute Gasteiger partial charge is 0.146 e. The first-order valence-corrected chi connectivity index (χ1v) is 12.4. The van der Waals surface area contributed by atoms with E-state index < -0.39 is 0 Å². The fourth-order valence-corrected chi connectivity index (χ4v) is 4.45. The summed E-state index contributed by atoms with van der Waals surface area (Å²) in [5, 5.41) is -0.0681. The summed E-state index contributed by atoms with van der Waals surface area (Å²) in [6.45, 7) is 2.27. The van der Waals surface area contributed by atoms with Gasteiger partial charge >= 0.3 is 0 Å². The number of hydrogen-bond donors (Lipinski definition) is 0. The van der Waals surface area contributed by atoms with Crippen molar-refractivity contribution in [2.45, 2.75) is 95.3 Å². The molecule has 2 aromatic rings. The first-order chi connectivity index (χ1) is 14.7. The van der Waals surface area contributed by atoms with E-state index in [0.29, 0.717) is 6.42 Å².